The summed E-state index contributed by atoms with van der Waals surface area (Å²) in [5, 5.41) is 0. The van der Waals surface area contributed by atoms with E-state index in [4.69, 9.17) is 0 Å². The van der Waals surface area contributed by atoms with E-state index in [1.165, 1.54) is 17.8 Å². The molecule has 0 aliphatic rings. The number of thioether (sulfide) groups is 1. The smallest absolute Gasteiger partial charge is 0.136 e. The number of hydrogen-bond donors (Lipinski definition) is 0. The largest absolute Gasteiger partial charge is 0.206 e. The molecule has 0 nitrogen and oxygen atoms in total. The summed E-state index contributed by atoms with van der Waals surface area (Å²) in [5.74, 6) is 1.71. The molecule has 10 heavy (non-hydrogen) atoms. The van der Waals surface area contributed by atoms with Crippen molar-refractivity contribution in [2.75, 3.05) is 0 Å². The normalized spacial score (nSPS) is 9.80. The molecule has 0 N–H and O–H groups in total. The lowest BCUT2D eigenvalue weighted by molar-refractivity contribution is 0.602. The summed E-state index contributed by atoms with van der Waals surface area (Å²) in [4.78, 5) is 0.685. The van der Waals surface area contributed by atoms with Crippen LogP contribution in [0.15, 0.2) is 29.2 Å². The van der Waals surface area contributed by atoms with Crippen LogP contribution < -0.4 is 0 Å². The van der Waals surface area contributed by atoms with Crippen LogP contribution in [0.2, 0.25) is 0 Å². The van der Waals surface area contributed by atoms with Gasteiger partial charge in [0.05, 0.1) is 0 Å². The third-order valence-corrected chi connectivity index (χ3v) is 1.90. The van der Waals surface area contributed by atoms with Gasteiger partial charge in [-0.3, -0.25) is 0 Å². The molecular weight excluding hydrogens is 147 g/mol. The minimum absolute atomic E-state index is 0.148. The maximum Gasteiger partial charge on any atom is 0.136 e. The van der Waals surface area contributed by atoms with E-state index in [1.54, 1.807) is 12.1 Å². The molecule has 2 heteroatoms. The van der Waals surface area contributed by atoms with Crippen LogP contribution in [0.3, 0.4) is 0 Å². The first-order valence-corrected chi connectivity index (χ1v) is 3.91. The van der Waals surface area contributed by atoms with Gasteiger partial charge >= 0.3 is 0 Å². The third-order valence-electron chi connectivity index (χ3n) is 1.08. The standard InChI is InChI=1S/C8H8FS/c1-2-10-8-6-4-3-5-7(8)9/h2-6H,1H3. The first kappa shape index (κ1) is 7.61. The molecule has 0 heterocycles. The molecule has 0 aromatic heterocycles. The highest BCUT2D eigenvalue weighted by Crippen LogP contribution is 2.22. The van der Waals surface area contributed by atoms with E-state index in [9.17, 15) is 4.39 Å². The van der Waals surface area contributed by atoms with Gasteiger partial charge in [-0.25, -0.2) is 4.39 Å². The van der Waals surface area contributed by atoms with Gasteiger partial charge in [0, 0.05) is 10.6 Å². The minimum Gasteiger partial charge on any atom is -0.206 e. The van der Waals surface area contributed by atoms with E-state index < -0.39 is 0 Å². The van der Waals surface area contributed by atoms with Gasteiger partial charge in [0.2, 0.25) is 0 Å². The molecule has 0 aliphatic heterocycles. The van der Waals surface area contributed by atoms with E-state index in [0.717, 1.165) is 0 Å². The monoisotopic (exact) mass is 155 g/mol. The van der Waals surface area contributed by atoms with Crippen molar-refractivity contribution in [3.05, 3.63) is 35.8 Å². The van der Waals surface area contributed by atoms with Crippen molar-refractivity contribution in [2.45, 2.75) is 11.8 Å². The summed E-state index contributed by atoms with van der Waals surface area (Å²) < 4.78 is 12.7. The van der Waals surface area contributed by atoms with Gasteiger partial charge < -0.3 is 0 Å². The summed E-state index contributed by atoms with van der Waals surface area (Å²) in [6.45, 7) is 1.89. The van der Waals surface area contributed by atoms with Crippen LogP contribution in [0.4, 0.5) is 4.39 Å². The SMILES string of the molecule is C[CH]Sc1ccccc1F. The van der Waals surface area contributed by atoms with Gasteiger partial charge in [0.15, 0.2) is 0 Å². The van der Waals surface area contributed by atoms with Crippen molar-refractivity contribution in [3.63, 3.8) is 0 Å². The second-order valence-electron chi connectivity index (χ2n) is 1.78. The Balaban J connectivity index is 2.81. The van der Waals surface area contributed by atoms with Crippen LogP contribution >= 0.6 is 11.8 Å². The van der Waals surface area contributed by atoms with E-state index in [-0.39, 0.29) is 5.82 Å². The van der Waals surface area contributed by atoms with Crippen LogP contribution in [-0.4, -0.2) is 0 Å². The molecule has 1 aromatic carbocycles. The van der Waals surface area contributed by atoms with Crippen molar-refractivity contribution in [1.82, 2.24) is 0 Å². The number of halogens is 1. The van der Waals surface area contributed by atoms with Gasteiger partial charge in [-0.05, 0) is 12.1 Å². The summed E-state index contributed by atoms with van der Waals surface area (Å²) in [5.41, 5.74) is 0. The van der Waals surface area contributed by atoms with Crippen LogP contribution in [0, 0.1) is 11.6 Å². The Morgan fingerprint density at radius 3 is 2.70 bits per heavy atom. The van der Waals surface area contributed by atoms with Gasteiger partial charge in [0.1, 0.15) is 5.82 Å². The van der Waals surface area contributed by atoms with Crippen LogP contribution in [-0.2, 0) is 0 Å². The zero-order chi connectivity index (χ0) is 7.40. The lowest BCUT2D eigenvalue weighted by Gasteiger charge is -1.97. The fraction of sp³-hybridized carbons (Fsp3) is 0.125. The lowest BCUT2D eigenvalue weighted by Crippen LogP contribution is -1.76. The predicted molar refractivity (Wildman–Crippen MR) is 42.2 cm³/mol. The van der Waals surface area contributed by atoms with Crippen molar-refractivity contribution in [3.8, 4) is 0 Å². The fourth-order valence-corrected chi connectivity index (χ4v) is 1.26. The second-order valence-corrected chi connectivity index (χ2v) is 2.93. The fourth-order valence-electron chi connectivity index (χ4n) is 0.667. The van der Waals surface area contributed by atoms with Gasteiger partial charge in [-0.2, -0.15) is 0 Å². The zero-order valence-corrected chi connectivity index (χ0v) is 6.49. The van der Waals surface area contributed by atoms with Gasteiger partial charge in [-0.1, -0.05) is 19.1 Å². The molecule has 0 unspecified atom stereocenters. The molecule has 1 radical (unpaired) electrons. The molecule has 0 atom stereocenters. The maximum absolute atomic E-state index is 12.7. The highest BCUT2D eigenvalue weighted by Gasteiger charge is 1.97. The zero-order valence-electron chi connectivity index (χ0n) is 5.67. The summed E-state index contributed by atoms with van der Waals surface area (Å²) >= 11 is 1.40. The average Bonchev–Trinajstić information content (AvgIpc) is 1.94. The molecular formula is C8H8FS. The summed E-state index contributed by atoms with van der Waals surface area (Å²) in [7, 11) is 0. The Bertz CT molecular complexity index is 210. The van der Waals surface area contributed by atoms with Crippen molar-refractivity contribution in [1.29, 1.82) is 0 Å². The molecule has 1 rings (SSSR count). The van der Waals surface area contributed by atoms with E-state index in [1.807, 2.05) is 18.7 Å². The Labute approximate surface area is 64.4 Å². The maximum atomic E-state index is 12.7. The molecule has 0 saturated carbocycles. The summed E-state index contributed by atoms with van der Waals surface area (Å²) in [6, 6.07) is 6.75. The predicted octanol–water partition coefficient (Wildman–Crippen LogP) is 3.10. The molecule has 0 spiro atoms. The van der Waals surface area contributed by atoms with Crippen LogP contribution in [0.25, 0.3) is 0 Å². The van der Waals surface area contributed by atoms with Gasteiger partial charge in [-0.15, -0.1) is 11.8 Å². The Hall–Kier alpha value is -0.500. The average molecular weight is 155 g/mol. The summed E-state index contributed by atoms with van der Waals surface area (Å²) in [6.07, 6.45) is 0. The molecule has 0 saturated heterocycles. The molecule has 0 fully saturated rings. The highest BCUT2D eigenvalue weighted by atomic mass is 32.2. The number of benzene rings is 1. The topological polar surface area (TPSA) is 0 Å². The molecule has 0 amide bonds. The molecule has 0 aliphatic carbocycles. The first-order valence-electron chi connectivity index (χ1n) is 3.03. The van der Waals surface area contributed by atoms with Crippen molar-refractivity contribution < 1.29 is 4.39 Å². The highest BCUT2D eigenvalue weighted by molar-refractivity contribution is 8.01. The lowest BCUT2D eigenvalue weighted by atomic mass is 10.3. The second kappa shape index (κ2) is 3.62. The first-order chi connectivity index (χ1) is 4.84. The minimum atomic E-state index is -0.148. The van der Waals surface area contributed by atoms with E-state index in [0.29, 0.717) is 4.90 Å². The third kappa shape index (κ3) is 1.74. The Kier molecular flexibility index (Phi) is 2.75. The van der Waals surface area contributed by atoms with Gasteiger partial charge in [0.25, 0.3) is 0 Å². The van der Waals surface area contributed by atoms with Crippen LogP contribution in [0.5, 0.6) is 0 Å². The molecule has 1 aromatic rings. The molecule has 0 bridgehead atoms. The quantitative estimate of drug-likeness (QED) is 0.591. The Morgan fingerprint density at radius 2 is 2.10 bits per heavy atom. The number of rotatable bonds is 2. The number of hydrogen-bond acceptors (Lipinski definition) is 1. The Morgan fingerprint density at radius 1 is 1.40 bits per heavy atom. The van der Waals surface area contributed by atoms with Crippen LogP contribution in [0.1, 0.15) is 6.92 Å². The van der Waals surface area contributed by atoms with Crippen molar-refractivity contribution >= 4 is 11.8 Å². The molecule has 53 valence electrons. The van der Waals surface area contributed by atoms with E-state index >= 15 is 0 Å². The van der Waals surface area contributed by atoms with E-state index in [2.05, 4.69) is 0 Å². The van der Waals surface area contributed by atoms with Crippen molar-refractivity contribution in [2.24, 2.45) is 0 Å².